The number of hydrogen-bond donors (Lipinski definition) is 1. The molecule has 0 atom stereocenters. The fourth-order valence-electron chi connectivity index (χ4n) is 3.79. The van der Waals surface area contributed by atoms with Crippen molar-refractivity contribution in [1.29, 1.82) is 0 Å². The van der Waals surface area contributed by atoms with E-state index in [2.05, 4.69) is 71.9 Å². The van der Waals surface area contributed by atoms with E-state index in [-0.39, 0.29) is 0 Å². The van der Waals surface area contributed by atoms with Crippen molar-refractivity contribution in [3.05, 3.63) is 90.1 Å². The topological polar surface area (TPSA) is 69.6 Å². The third-order valence-corrected chi connectivity index (χ3v) is 5.51. The lowest BCUT2D eigenvalue weighted by molar-refractivity contribution is 1.07. The van der Waals surface area contributed by atoms with E-state index in [9.17, 15) is 0 Å². The predicted octanol–water partition coefficient (Wildman–Crippen LogP) is 5.60. The van der Waals surface area contributed by atoms with Crippen LogP contribution in [0.2, 0.25) is 0 Å². The Morgan fingerprint density at radius 3 is 2.52 bits per heavy atom. The predicted molar refractivity (Wildman–Crippen MR) is 126 cm³/mol. The second-order valence-electron chi connectivity index (χ2n) is 7.64. The van der Waals surface area contributed by atoms with Crippen molar-refractivity contribution in [2.24, 2.45) is 0 Å². The summed E-state index contributed by atoms with van der Waals surface area (Å²) in [5.41, 5.74) is 14.1. The molecular formula is C26H23N5. The van der Waals surface area contributed by atoms with E-state index in [4.69, 9.17) is 15.7 Å². The smallest absolute Gasteiger partial charge is 0.165 e. The molecule has 0 bridgehead atoms. The summed E-state index contributed by atoms with van der Waals surface area (Å²) >= 11 is 0. The Morgan fingerprint density at radius 2 is 1.74 bits per heavy atom. The van der Waals surface area contributed by atoms with E-state index < -0.39 is 0 Å². The van der Waals surface area contributed by atoms with Crippen molar-refractivity contribution < 1.29 is 0 Å². The number of rotatable bonds is 4. The largest absolute Gasteiger partial charge is 0.383 e. The number of aryl methyl sites for hydroxylation is 2. The number of aromatic nitrogens is 4. The second-order valence-corrected chi connectivity index (χ2v) is 7.64. The minimum Gasteiger partial charge on any atom is -0.383 e. The highest BCUT2D eigenvalue weighted by molar-refractivity contribution is 5.84. The third-order valence-electron chi connectivity index (χ3n) is 5.51. The van der Waals surface area contributed by atoms with Crippen LogP contribution in [0.4, 0.5) is 5.82 Å². The van der Waals surface area contributed by atoms with Gasteiger partial charge < -0.3 is 5.73 Å². The quantitative estimate of drug-likeness (QED) is 0.422. The zero-order valence-corrected chi connectivity index (χ0v) is 17.6. The van der Waals surface area contributed by atoms with Gasteiger partial charge >= 0.3 is 0 Å². The molecule has 0 saturated heterocycles. The van der Waals surface area contributed by atoms with Crippen molar-refractivity contribution in [1.82, 2.24) is 19.5 Å². The minimum atomic E-state index is 0.446. The van der Waals surface area contributed by atoms with Crippen molar-refractivity contribution in [2.45, 2.75) is 20.3 Å². The summed E-state index contributed by atoms with van der Waals surface area (Å²) in [4.78, 5) is 14.2. The number of pyridine rings is 2. The Hall–Kier alpha value is -3.99. The third kappa shape index (κ3) is 3.44. The van der Waals surface area contributed by atoms with Gasteiger partial charge in [-0.05, 0) is 61.4 Å². The summed E-state index contributed by atoms with van der Waals surface area (Å²) in [7, 11) is 0. The summed E-state index contributed by atoms with van der Waals surface area (Å²) in [5.74, 6) is 1.18. The maximum Gasteiger partial charge on any atom is 0.165 e. The lowest BCUT2D eigenvalue weighted by Gasteiger charge is -2.11. The fourth-order valence-corrected chi connectivity index (χ4v) is 3.79. The molecule has 31 heavy (non-hydrogen) atoms. The Labute approximate surface area is 181 Å². The highest BCUT2D eigenvalue weighted by atomic mass is 15.1. The molecule has 0 unspecified atom stereocenters. The highest BCUT2D eigenvalue weighted by Crippen LogP contribution is 2.31. The van der Waals surface area contributed by atoms with Gasteiger partial charge in [0, 0.05) is 17.4 Å². The van der Waals surface area contributed by atoms with Crippen LogP contribution in [-0.4, -0.2) is 19.5 Å². The lowest BCUT2D eigenvalue weighted by Crippen LogP contribution is -2.02. The van der Waals surface area contributed by atoms with E-state index in [1.54, 1.807) is 6.20 Å². The molecule has 0 aliphatic heterocycles. The van der Waals surface area contributed by atoms with Gasteiger partial charge in [0.1, 0.15) is 11.3 Å². The SMILES string of the molecule is CCc1cccc(-c2ccc3nc(-c4cccnc4N)n(-c4ccc(C)cc4)c3n2)c1. The molecule has 5 nitrogen and oxygen atoms in total. The number of nitrogen functional groups attached to an aromatic ring is 1. The normalized spacial score (nSPS) is 11.2. The van der Waals surface area contributed by atoms with E-state index in [0.717, 1.165) is 45.9 Å². The molecule has 0 amide bonds. The van der Waals surface area contributed by atoms with Gasteiger partial charge in [0.2, 0.25) is 0 Å². The average molecular weight is 406 g/mol. The standard InChI is InChI=1S/C26H23N5/c1-3-18-6-4-7-19(16-18)22-13-14-23-26(29-22)31(20-11-9-17(2)10-12-20)25(30-23)21-8-5-15-28-24(21)27/h4-16H,3H2,1-2H3,(H2,27,28). The van der Waals surface area contributed by atoms with Crippen molar-refractivity contribution in [3.8, 4) is 28.3 Å². The molecule has 0 aliphatic carbocycles. The first-order valence-electron chi connectivity index (χ1n) is 10.4. The van der Waals surface area contributed by atoms with Gasteiger partial charge in [0.15, 0.2) is 11.5 Å². The number of imidazole rings is 1. The van der Waals surface area contributed by atoms with Crippen molar-refractivity contribution in [3.63, 3.8) is 0 Å². The summed E-state index contributed by atoms with van der Waals surface area (Å²) in [6.07, 6.45) is 2.68. The maximum absolute atomic E-state index is 6.21. The van der Waals surface area contributed by atoms with Crippen LogP contribution < -0.4 is 5.73 Å². The van der Waals surface area contributed by atoms with E-state index in [1.807, 2.05) is 24.3 Å². The number of fused-ring (bicyclic) bond motifs is 1. The molecule has 5 heteroatoms. The Morgan fingerprint density at radius 1 is 0.903 bits per heavy atom. The molecule has 2 N–H and O–H groups in total. The maximum atomic E-state index is 6.21. The minimum absolute atomic E-state index is 0.446. The van der Waals surface area contributed by atoms with Gasteiger partial charge in [-0.1, -0.05) is 42.8 Å². The molecule has 3 aromatic heterocycles. The number of nitrogens with two attached hydrogens (primary N) is 1. The van der Waals surface area contributed by atoms with Crippen LogP contribution in [0.5, 0.6) is 0 Å². The monoisotopic (exact) mass is 405 g/mol. The first-order valence-corrected chi connectivity index (χ1v) is 10.4. The van der Waals surface area contributed by atoms with Crippen LogP contribution in [0.3, 0.4) is 0 Å². The van der Waals surface area contributed by atoms with Gasteiger partial charge in [-0.3, -0.25) is 4.57 Å². The molecule has 0 radical (unpaired) electrons. The van der Waals surface area contributed by atoms with Crippen LogP contribution in [0.15, 0.2) is 79.0 Å². The molecule has 0 aliphatic rings. The number of nitrogens with zero attached hydrogens (tertiary/aromatic N) is 4. The second kappa shape index (κ2) is 7.69. The Kier molecular flexibility index (Phi) is 4.71. The molecule has 0 saturated carbocycles. The molecule has 5 rings (SSSR count). The van der Waals surface area contributed by atoms with Crippen LogP contribution in [0.1, 0.15) is 18.1 Å². The molecule has 5 aromatic rings. The molecule has 2 aromatic carbocycles. The molecule has 152 valence electrons. The summed E-state index contributed by atoms with van der Waals surface area (Å²) in [5, 5.41) is 0. The zero-order chi connectivity index (χ0) is 21.4. The van der Waals surface area contributed by atoms with E-state index in [1.165, 1.54) is 11.1 Å². The fraction of sp³-hybridized carbons (Fsp3) is 0.115. The summed E-state index contributed by atoms with van der Waals surface area (Å²) in [6.45, 7) is 4.24. The van der Waals surface area contributed by atoms with E-state index >= 15 is 0 Å². The highest BCUT2D eigenvalue weighted by Gasteiger charge is 2.18. The Balaban J connectivity index is 1.78. The van der Waals surface area contributed by atoms with E-state index in [0.29, 0.717) is 5.82 Å². The van der Waals surface area contributed by atoms with Gasteiger partial charge in [0.05, 0.1) is 11.3 Å². The average Bonchev–Trinajstić information content (AvgIpc) is 3.18. The Bertz CT molecular complexity index is 1380. The van der Waals surface area contributed by atoms with Crippen molar-refractivity contribution in [2.75, 3.05) is 5.73 Å². The molecule has 3 heterocycles. The van der Waals surface area contributed by atoms with Crippen LogP contribution >= 0.6 is 0 Å². The summed E-state index contributed by atoms with van der Waals surface area (Å²) < 4.78 is 2.06. The molecular weight excluding hydrogens is 382 g/mol. The van der Waals surface area contributed by atoms with Gasteiger partial charge in [-0.15, -0.1) is 0 Å². The number of anilines is 1. The number of hydrogen-bond acceptors (Lipinski definition) is 4. The van der Waals surface area contributed by atoms with Crippen LogP contribution in [0, 0.1) is 6.92 Å². The zero-order valence-electron chi connectivity index (χ0n) is 17.6. The number of benzene rings is 2. The first kappa shape index (κ1) is 19.0. The molecule has 0 fully saturated rings. The van der Waals surface area contributed by atoms with Gasteiger partial charge in [-0.2, -0.15) is 0 Å². The van der Waals surface area contributed by atoms with Gasteiger partial charge in [-0.25, -0.2) is 15.0 Å². The summed E-state index contributed by atoms with van der Waals surface area (Å²) in [6, 6.07) is 24.7. The van der Waals surface area contributed by atoms with Gasteiger partial charge in [0.25, 0.3) is 0 Å². The van der Waals surface area contributed by atoms with Crippen molar-refractivity contribution >= 4 is 17.0 Å². The lowest BCUT2D eigenvalue weighted by atomic mass is 10.1. The first-order chi connectivity index (χ1) is 15.1. The van der Waals surface area contributed by atoms with Crippen LogP contribution in [-0.2, 0) is 6.42 Å². The van der Waals surface area contributed by atoms with Crippen LogP contribution in [0.25, 0.3) is 39.5 Å². The molecule has 0 spiro atoms.